The maximum Gasteiger partial charge on any atom is 0.119 e. The van der Waals surface area contributed by atoms with Crippen molar-refractivity contribution in [3.05, 3.63) is 66.2 Å². The van der Waals surface area contributed by atoms with Crippen LogP contribution in [0.2, 0.25) is 0 Å². The molecule has 0 heterocycles. The predicted octanol–water partition coefficient (Wildman–Crippen LogP) is 5.82. The third-order valence-electron chi connectivity index (χ3n) is 5.28. The highest BCUT2D eigenvalue weighted by Gasteiger charge is 2.36. The van der Waals surface area contributed by atoms with E-state index in [1.165, 1.54) is 29.5 Å². The summed E-state index contributed by atoms with van der Waals surface area (Å²) in [7, 11) is 0. The predicted molar refractivity (Wildman–Crippen MR) is 95.8 cm³/mol. The summed E-state index contributed by atoms with van der Waals surface area (Å²) in [6.45, 7) is 2.91. The molecule has 1 heteroatoms. The lowest BCUT2D eigenvalue weighted by atomic mass is 9.86. The SMILES string of the molecule is CCCOc1ccc(-c2ccc(C3CC4C=CC3C4)cc2)cc1. The second-order valence-electron chi connectivity index (χ2n) is 6.88. The molecule has 1 fully saturated rings. The summed E-state index contributed by atoms with van der Waals surface area (Å²) >= 11 is 0. The van der Waals surface area contributed by atoms with Gasteiger partial charge in [0.1, 0.15) is 5.75 Å². The number of rotatable bonds is 5. The smallest absolute Gasteiger partial charge is 0.119 e. The van der Waals surface area contributed by atoms with E-state index < -0.39 is 0 Å². The van der Waals surface area contributed by atoms with Crippen molar-refractivity contribution in [1.82, 2.24) is 0 Å². The average molecular weight is 304 g/mol. The molecule has 2 aromatic carbocycles. The third kappa shape index (κ3) is 2.93. The lowest BCUT2D eigenvalue weighted by molar-refractivity contribution is 0.317. The van der Waals surface area contributed by atoms with Crippen LogP contribution in [0.3, 0.4) is 0 Å². The van der Waals surface area contributed by atoms with Crippen LogP contribution in [0.15, 0.2) is 60.7 Å². The highest BCUT2D eigenvalue weighted by molar-refractivity contribution is 5.64. The molecule has 0 saturated heterocycles. The first kappa shape index (κ1) is 14.6. The van der Waals surface area contributed by atoms with Gasteiger partial charge in [-0.05, 0) is 65.8 Å². The first-order valence-corrected chi connectivity index (χ1v) is 8.85. The molecule has 0 spiro atoms. The molecule has 0 N–H and O–H groups in total. The van der Waals surface area contributed by atoms with E-state index in [2.05, 4.69) is 67.6 Å². The van der Waals surface area contributed by atoms with Gasteiger partial charge in [-0.3, -0.25) is 0 Å². The Kier molecular flexibility index (Phi) is 3.95. The average Bonchev–Trinajstić information content (AvgIpc) is 3.24. The molecule has 0 aliphatic heterocycles. The van der Waals surface area contributed by atoms with Crippen molar-refractivity contribution >= 4 is 0 Å². The van der Waals surface area contributed by atoms with Gasteiger partial charge in [0.2, 0.25) is 0 Å². The third-order valence-corrected chi connectivity index (χ3v) is 5.28. The quantitative estimate of drug-likeness (QED) is 0.632. The van der Waals surface area contributed by atoms with Crippen molar-refractivity contribution in [2.45, 2.75) is 32.1 Å². The van der Waals surface area contributed by atoms with Gasteiger partial charge in [0.25, 0.3) is 0 Å². The largest absolute Gasteiger partial charge is 0.494 e. The molecule has 0 radical (unpaired) electrons. The van der Waals surface area contributed by atoms with E-state index in [1.807, 2.05) is 0 Å². The van der Waals surface area contributed by atoms with Gasteiger partial charge in [-0.25, -0.2) is 0 Å². The molecular weight excluding hydrogens is 280 g/mol. The molecule has 2 aromatic rings. The van der Waals surface area contributed by atoms with Crippen molar-refractivity contribution in [2.75, 3.05) is 6.61 Å². The molecule has 3 unspecified atom stereocenters. The van der Waals surface area contributed by atoms with E-state index in [0.717, 1.165) is 36.5 Å². The normalized spacial score (nSPS) is 25.0. The lowest BCUT2D eigenvalue weighted by Crippen LogP contribution is -2.04. The summed E-state index contributed by atoms with van der Waals surface area (Å²) in [6.07, 6.45) is 8.59. The monoisotopic (exact) mass is 304 g/mol. The minimum Gasteiger partial charge on any atom is -0.494 e. The summed E-state index contributed by atoms with van der Waals surface area (Å²) in [5.74, 6) is 3.31. The molecule has 0 aromatic heterocycles. The number of hydrogen-bond donors (Lipinski definition) is 0. The number of benzene rings is 2. The Morgan fingerprint density at radius 1 is 0.870 bits per heavy atom. The molecule has 1 nitrogen and oxygen atoms in total. The zero-order chi connectivity index (χ0) is 15.6. The van der Waals surface area contributed by atoms with Crippen LogP contribution in [0.25, 0.3) is 11.1 Å². The Labute approximate surface area is 139 Å². The van der Waals surface area contributed by atoms with E-state index in [0.29, 0.717) is 0 Å². The molecule has 2 aliphatic rings. The summed E-state index contributed by atoms with van der Waals surface area (Å²) in [4.78, 5) is 0. The Morgan fingerprint density at radius 2 is 1.57 bits per heavy atom. The van der Waals surface area contributed by atoms with Crippen molar-refractivity contribution in [3.8, 4) is 16.9 Å². The number of fused-ring (bicyclic) bond motifs is 2. The molecule has 2 bridgehead atoms. The van der Waals surface area contributed by atoms with Gasteiger partial charge in [0, 0.05) is 0 Å². The Balaban J connectivity index is 1.48. The van der Waals surface area contributed by atoms with Crippen molar-refractivity contribution in [3.63, 3.8) is 0 Å². The highest BCUT2D eigenvalue weighted by atomic mass is 16.5. The Bertz CT molecular complexity index is 681. The van der Waals surface area contributed by atoms with Gasteiger partial charge < -0.3 is 4.74 Å². The molecular formula is C22H24O. The molecule has 118 valence electrons. The molecule has 1 saturated carbocycles. The fourth-order valence-corrected chi connectivity index (χ4v) is 4.05. The lowest BCUT2D eigenvalue weighted by Gasteiger charge is -2.18. The summed E-state index contributed by atoms with van der Waals surface area (Å²) in [5, 5.41) is 0. The summed E-state index contributed by atoms with van der Waals surface area (Å²) in [6, 6.07) is 17.6. The fourth-order valence-electron chi connectivity index (χ4n) is 4.05. The van der Waals surface area contributed by atoms with Crippen LogP contribution < -0.4 is 4.74 Å². The topological polar surface area (TPSA) is 9.23 Å². The second-order valence-corrected chi connectivity index (χ2v) is 6.88. The fraction of sp³-hybridized carbons (Fsp3) is 0.364. The highest BCUT2D eigenvalue weighted by Crippen LogP contribution is 2.48. The first-order chi connectivity index (χ1) is 11.3. The number of allylic oxidation sites excluding steroid dienone is 2. The maximum atomic E-state index is 5.65. The van der Waals surface area contributed by atoms with Crippen molar-refractivity contribution in [2.24, 2.45) is 11.8 Å². The van der Waals surface area contributed by atoms with Crippen LogP contribution in [0.5, 0.6) is 5.75 Å². The van der Waals surface area contributed by atoms with Crippen LogP contribution in [0.4, 0.5) is 0 Å². The number of ether oxygens (including phenoxy) is 1. The molecule has 3 atom stereocenters. The molecule has 2 aliphatic carbocycles. The van der Waals surface area contributed by atoms with Gasteiger partial charge in [-0.1, -0.05) is 55.5 Å². The van der Waals surface area contributed by atoms with Crippen molar-refractivity contribution in [1.29, 1.82) is 0 Å². The maximum absolute atomic E-state index is 5.65. The van der Waals surface area contributed by atoms with Gasteiger partial charge in [-0.2, -0.15) is 0 Å². The van der Waals surface area contributed by atoms with Crippen LogP contribution in [0, 0.1) is 11.8 Å². The standard InChI is InChI=1S/C22H24O/c1-2-13-23-21-11-9-18(10-12-21)17-5-7-19(8-6-17)22-15-16-3-4-20(22)14-16/h3-12,16,20,22H,2,13-15H2,1H3. The van der Waals surface area contributed by atoms with Crippen LogP contribution >= 0.6 is 0 Å². The Morgan fingerprint density at radius 3 is 2.13 bits per heavy atom. The Hall–Kier alpha value is -2.02. The second kappa shape index (κ2) is 6.23. The van der Waals surface area contributed by atoms with E-state index >= 15 is 0 Å². The molecule has 4 rings (SSSR count). The minimum atomic E-state index is 0.740. The zero-order valence-corrected chi connectivity index (χ0v) is 13.7. The van der Waals surface area contributed by atoms with Crippen molar-refractivity contribution < 1.29 is 4.74 Å². The number of hydrogen-bond acceptors (Lipinski definition) is 1. The van der Waals surface area contributed by atoms with Gasteiger partial charge in [-0.15, -0.1) is 0 Å². The first-order valence-electron chi connectivity index (χ1n) is 8.85. The minimum absolute atomic E-state index is 0.740. The molecule has 23 heavy (non-hydrogen) atoms. The van der Waals surface area contributed by atoms with E-state index in [1.54, 1.807) is 0 Å². The van der Waals surface area contributed by atoms with E-state index in [-0.39, 0.29) is 0 Å². The summed E-state index contributed by atoms with van der Waals surface area (Å²) in [5.41, 5.74) is 4.05. The molecule has 0 amide bonds. The summed E-state index contributed by atoms with van der Waals surface area (Å²) < 4.78 is 5.65. The van der Waals surface area contributed by atoms with Gasteiger partial charge in [0.05, 0.1) is 6.61 Å². The van der Waals surface area contributed by atoms with Gasteiger partial charge >= 0.3 is 0 Å². The zero-order valence-electron chi connectivity index (χ0n) is 13.7. The van der Waals surface area contributed by atoms with E-state index in [9.17, 15) is 0 Å². The van der Waals surface area contributed by atoms with Crippen LogP contribution in [-0.4, -0.2) is 6.61 Å². The van der Waals surface area contributed by atoms with Gasteiger partial charge in [0.15, 0.2) is 0 Å². The van der Waals surface area contributed by atoms with Crippen LogP contribution in [-0.2, 0) is 0 Å². The van der Waals surface area contributed by atoms with Crippen LogP contribution in [0.1, 0.15) is 37.7 Å². The van der Waals surface area contributed by atoms with E-state index in [4.69, 9.17) is 4.74 Å².